The van der Waals surface area contributed by atoms with Crippen molar-refractivity contribution >= 4 is 5.78 Å². The molecule has 0 aliphatic heterocycles. The maximum absolute atomic E-state index is 11.7. The molecule has 1 aromatic carbocycles. The maximum atomic E-state index is 11.7. The number of carbonyl (C=O) groups excluding carboxylic acids is 1. The molecule has 0 unspecified atom stereocenters. The number of aromatic amines is 1. The standard InChI is InChI=1S/C10H8N2O2.ClH/c13-9(8-4-2-1-3-5-8)10-11-6-7-12(10)14;/h1-7,14H;1H. The van der Waals surface area contributed by atoms with Gasteiger partial charge in [0.05, 0.1) is 0 Å². The summed E-state index contributed by atoms with van der Waals surface area (Å²) in [4.78, 5) is 14.4. The summed E-state index contributed by atoms with van der Waals surface area (Å²) in [6, 6.07) is 8.78. The zero-order valence-electron chi connectivity index (χ0n) is 7.72. The van der Waals surface area contributed by atoms with E-state index in [1.165, 1.54) is 12.4 Å². The number of benzene rings is 1. The first kappa shape index (κ1) is 11.3. The summed E-state index contributed by atoms with van der Waals surface area (Å²) in [6.45, 7) is 0. The monoisotopic (exact) mass is 224 g/mol. The number of nitrogens with zero attached hydrogens (tertiary/aromatic N) is 1. The number of rotatable bonds is 2. The molecule has 15 heavy (non-hydrogen) atoms. The van der Waals surface area contributed by atoms with Crippen molar-refractivity contribution < 1.29 is 27.1 Å². The van der Waals surface area contributed by atoms with Gasteiger partial charge in [-0.1, -0.05) is 30.3 Å². The molecule has 0 fully saturated rings. The molecule has 0 atom stereocenters. The van der Waals surface area contributed by atoms with E-state index in [2.05, 4.69) is 4.98 Å². The minimum absolute atomic E-state index is 0. The number of hydrogen-bond donors (Lipinski definition) is 2. The van der Waals surface area contributed by atoms with Crippen molar-refractivity contribution in [2.75, 3.05) is 0 Å². The number of aromatic nitrogens is 2. The molecule has 0 aliphatic rings. The lowest BCUT2D eigenvalue weighted by molar-refractivity contribution is -0.904. The first-order valence-corrected chi connectivity index (χ1v) is 4.17. The molecule has 1 heterocycles. The van der Waals surface area contributed by atoms with Crippen LogP contribution >= 0.6 is 0 Å². The van der Waals surface area contributed by atoms with Gasteiger partial charge in [-0.2, -0.15) is 0 Å². The van der Waals surface area contributed by atoms with E-state index in [4.69, 9.17) is 0 Å². The van der Waals surface area contributed by atoms with Crippen LogP contribution in [0.2, 0.25) is 0 Å². The van der Waals surface area contributed by atoms with Gasteiger partial charge in [0.2, 0.25) is 0 Å². The van der Waals surface area contributed by atoms with Gasteiger partial charge < -0.3 is 17.6 Å². The fraction of sp³-hybridized carbons (Fsp3) is 0. The number of ketones is 1. The molecule has 0 spiro atoms. The van der Waals surface area contributed by atoms with E-state index in [-0.39, 0.29) is 24.0 Å². The van der Waals surface area contributed by atoms with Gasteiger partial charge in [-0.3, -0.25) is 4.79 Å². The van der Waals surface area contributed by atoms with Crippen molar-refractivity contribution in [3.05, 3.63) is 54.1 Å². The fourth-order valence-corrected chi connectivity index (χ4v) is 1.22. The van der Waals surface area contributed by atoms with Gasteiger partial charge in [-0.25, -0.2) is 4.98 Å². The molecule has 0 aliphatic carbocycles. The lowest BCUT2D eigenvalue weighted by Gasteiger charge is -1.93. The lowest BCUT2D eigenvalue weighted by atomic mass is 10.1. The number of carbonyl (C=O) groups is 1. The summed E-state index contributed by atoms with van der Waals surface area (Å²) in [5.74, 6) is -0.0886. The van der Waals surface area contributed by atoms with Crippen molar-refractivity contribution in [2.24, 2.45) is 0 Å². The molecular weight excluding hydrogens is 216 g/mol. The molecule has 2 N–H and O–H groups in total. The summed E-state index contributed by atoms with van der Waals surface area (Å²) < 4.78 is 0.773. The molecule has 0 amide bonds. The summed E-state index contributed by atoms with van der Waals surface area (Å²) in [5, 5.41) is 9.25. The Balaban J connectivity index is 0.00000112. The van der Waals surface area contributed by atoms with Gasteiger partial charge in [0.25, 0.3) is 5.78 Å². The Morgan fingerprint density at radius 3 is 2.47 bits per heavy atom. The van der Waals surface area contributed by atoms with Crippen LogP contribution in [0.4, 0.5) is 0 Å². The summed E-state index contributed by atoms with van der Waals surface area (Å²) in [5.41, 5.74) is 0.540. The quantitative estimate of drug-likeness (QED) is 0.345. The first-order chi connectivity index (χ1) is 6.79. The zero-order valence-corrected chi connectivity index (χ0v) is 8.48. The van der Waals surface area contributed by atoms with E-state index < -0.39 is 0 Å². The Labute approximate surface area is 92.6 Å². The number of halogens is 1. The van der Waals surface area contributed by atoms with Gasteiger partial charge >= 0.3 is 5.82 Å². The minimum atomic E-state index is -0.238. The number of hydrogen-bond acceptors (Lipinski definition) is 2. The summed E-state index contributed by atoms with van der Waals surface area (Å²) in [7, 11) is 0. The van der Waals surface area contributed by atoms with E-state index in [1.54, 1.807) is 24.3 Å². The summed E-state index contributed by atoms with van der Waals surface area (Å²) >= 11 is 0. The van der Waals surface area contributed by atoms with Gasteiger partial charge in [-0.05, 0) is 4.73 Å². The third-order valence-corrected chi connectivity index (χ3v) is 1.92. The van der Waals surface area contributed by atoms with Gasteiger partial charge in [0.15, 0.2) is 6.20 Å². The largest absolute Gasteiger partial charge is 1.00 e. The third-order valence-electron chi connectivity index (χ3n) is 1.92. The molecule has 78 valence electrons. The number of imidazole rings is 1. The van der Waals surface area contributed by atoms with E-state index in [0.717, 1.165) is 4.73 Å². The highest BCUT2D eigenvalue weighted by atomic mass is 35.5. The van der Waals surface area contributed by atoms with E-state index in [0.29, 0.717) is 5.56 Å². The molecule has 2 aromatic rings. The van der Waals surface area contributed by atoms with Crippen LogP contribution < -0.4 is 17.1 Å². The van der Waals surface area contributed by atoms with E-state index in [9.17, 15) is 10.0 Å². The Hall–Kier alpha value is -1.81. The average Bonchev–Trinajstić information content (AvgIpc) is 2.65. The maximum Gasteiger partial charge on any atom is 0.367 e. The van der Waals surface area contributed by atoms with E-state index >= 15 is 0 Å². The molecule has 0 radical (unpaired) electrons. The average molecular weight is 225 g/mol. The molecule has 4 nitrogen and oxygen atoms in total. The predicted octanol–water partition coefficient (Wildman–Crippen LogP) is -2.23. The second kappa shape index (κ2) is 4.61. The third kappa shape index (κ3) is 2.16. The molecule has 2 rings (SSSR count). The Morgan fingerprint density at radius 2 is 1.93 bits per heavy atom. The SMILES string of the molecule is O=C(c1ccccc1)c1[nH]cc[n+]1O.[Cl-]. The van der Waals surface area contributed by atoms with Crippen molar-refractivity contribution in [2.45, 2.75) is 0 Å². The predicted molar refractivity (Wildman–Crippen MR) is 48.0 cm³/mol. The zero-order chi connectivity index (χ0) is 9.97. The Kier molecular flexibility index (Phi) is 3.46. The fourth-order valence-electron chi connectivity index (χ4n) is 1.22. The van der Waals surface area contributed by atoms with Crippen LogP contribution in [0, 0.1) is 0 Å². The highest BCUT2D eigenvalue weighted by molar-refractivity contribution is 6.05. The summed E-state index contributed by atoms with van der Waals surface area (Å²) in [6.07, 6.45) is 2.87. The van der Waals surface area contributed by atoms with Crippen LogP contribution in [0.15, 0.2) is 42.7 Å². The number of nitrogens with one attached hydrogen (secondary N) is 1. The molecular formula is C10H9ClN2O2. The topological polar surface area (TPSA) is 57.0 Å². The normalized spacial score (nSPS) is 9.33. The van der Waals surface area contributed by atoms with Crippen LogP contribution in [0.5, 0.6) is 0 Å². The van der Waals surface area contributed by atoms with Crippen molar-refractivity contribution in [1.82, 2.24) is 4.98 Å². The highest BCUT2D eigenvalue weighted by Gasteiger charge is 2.20. The Bertz CT molecular complexity index is 453. The molecule has 1 aromatic heterocycles. The second-order valence-corrected chi connectivity index (χ2v) is 2.85. The number of H-pyrrole nitrogens is 1. The van der Waals surface area contributed by atoms with Crippen LogP contribution in [0.25, 0.3) is 0 Å². The van der Waals surface area contributed by atoms with Crippen molar-refractivity contribution in [3.63, 3.8) is 0 Å². The van der Waals surface area contributed by atoms with Gasteiger partial charge in [-0.15, -0.1) is 0 Å². The molecule has 0 saturated carbocycles. The molecule has 5 heteroatoms. The van der Waals surface area contributed by atoms with Crippen molar-refractivity contribution in [1.29, 1.82) is 0 Å². The van der Waals surface area contributed by atoms with Gasteiger partial charge in [0, 0.05) is 5.56 Å². The smallest absolute Gasteiger partial charge is 0.367 e. The van der Waals surface area contributed by atoms with Crippen LogP contribution in [-0.4, -0.2) is 16.0 Å². The van der Waals surface area contributed by atoms with Gasteiger partial charge in [0.1, 0.15) is 6.20 Å². The molecule has 0 bridgehead atoms. The Morgan fingerprint density at radius 1 is 1.27 bits per heavy atom. The van der Waals surface area contributed by atoms with Crippen molar-refractivity contribution in [3.8, 4) is 0 Å². The molecule has 0 saturated heterocycles. The van der Waals surface area contributed by atoms with Crippen LogP contribution in [0.3, 0.4) is 0 Å². The lowest BCUT2D eigenvalue weighted by Crippen LogP contribution is -3.00. The van der Waals surface area contributed by atoms with Crippen LogP contribution in [0.1, 0.15) is 16.2 Å². The second-order valence-electron chi connectivity index (χ2n) is 2.85. The first-order valence-electron chi connectivity index (χ1n) is 4.17. The van der Waals surface area contributed by atoms with Crippen LogP contribution in [-0.2, 0) is 0 Å². The minimum Gasteiger partial charge on any atom is -1.00 e. The van der Waals surface area contributed by atoms with E-state index in [1.807, 2.05) is 6.07 Å². The highest BCUT2D eigenvalue weighted by Crippen LogP contribution is 2.03.